The van der Waals surface area contributed by atoms with Crippen LogP contribution in [0, 0.1) is 0 Å². The first-order valence-electron chi connectivity index (χ1n) is 3.40. The lowest BCUT2D eigenvalue weighted by Crippen LogP contribution is -2.46. The highest BCUT2D eigenvalue weighted by Gasteiger charge is 2.36. The zero-order valence-electron chi connectivity index (χ0n) is 7.17. The molecule has 0 spiro atoms. The molecule has 0 rings (SSSR count). The molecule has 0 amide bonds. The molecule has 0 aliphatic rings. The van der Waals surface area contributed by atoms with E-state index in [0.29, 0.717) is 0 Å². The molecule has 0 aromatic heterocycles. The van der Waals surface area contributed by atoms with Gasteiger partial charge in [-0.1, -0.05) is 0 Å². The molecule has 0 aliphatic heterocycles. The minimum atomic E-state index is -4.57. The molecule has 0 heterocycles. The molecule has 4 nitrogen and oxygen atoms in total. The van der Waals surface area contributed by atoms with Crippen molar-refractivity contribution in [1.82, 2.24) is 4.31 Å². The van der Waals surface area contributed by atoms with E-state index in [-0.39, 0.29) is 4.31 Å². The van der Waals surface area contributed by atoms with E-state index < -0.39 is 29.0 Å². The largest absolute Gasteiger partial charge is 0.402 e. The number of nitrogens with zero attached hydrogens (tertiary/aromatic N) is 1. The van der Waals surface area contributed by atoms with Crippen LogP contribution in [0.5, 0.6) is 0 Å². The van der Waals surface area contributed by atoms with E-state index in [9.17, 15) is 21.6 Å². The normalized spacial score (nSPS) is 14.2. The topological polar surface area (TPSA) is 63.4 Å². The molecule has 2 N–H and O–H groups in total. The molecule has 0 atom stereocenters. The van der Waals surface area contributed by atoms with Crippen molar-refractivity contribution in [2.75, 3.05) is 6.54 Å². The van der Waals surface area contributed by atoms with E-state index in [0.717, 1.165) is 0 Å². The third kappa shape index (κ3) is 5.06. The third-order valence-electron chi connectivity index (χ3n) is 1.24. The fourth-order valence-electron chi connectivity index (χ4n) is 0.743. The van der Waals surface area contributed by atoms with E-state index in [4.69, 9.17) is 0 Å². The maximum Gasteiger partial charge on any atom is 0.402 e. The summed E-state index contributed by atoms with van der Waals surface area (Å²) in [5.41, 5.74) is 0. The van der Waals surface area contributed by atoms with Gasteiger partial charge in [-0.2, -0.15) is 25.9 Å². The minimum absolute atomic E-state index is 0.188. The summed E-state index contributed by atoms with van der Waals surface area (Å²) in [5.74, 6) is 0. The van der Waals surface area contributed by atoms with Crippen LogP contribution in [0.2, 0.25) is 0 Å². The van der Waals surface area contributed by atoms with Gasteiger partial charge in [0.05, 0.1) is 0 Å². The molecule has 80 valence electrons. The Hall–Kier alpha value is -0.340. The Bertz CT molecular complexity index is 259. The summed E-state index contributed by atoms with van der Waals surface area (Å²) in [5, 5.41) is 4.59. The second kappa shape index (κ2) is 3.81. The Morgan fingerprint density at radius 2 is 1.77 bits per heavy atom. The van der Waals surface area contributed by atoms with Gasteiger partial charge in [0.15, 0.2) is 0 Å². The highest BCUT2D eigenvalue weighted by molar-refractivity contribution is 7.86. The average molecular weight is 220 g/mol. The number of rotatable bonds is 3. The molecule has 0 radical (unpaired) electrons. The van der Waals surface area contributed by atoms with E-state index in [2.05, 4.69) is 5.14 Å². The third-order valence-corrected chi connectivity index (χ3v) is 2.44. The Kier molecular flexibility index (Phi) is 3.71. The van der Waals surface area contributed by atoms with Gasteiger partial charge in [0.1, 0.15) is 6.54 Å². The van der Waals surface area contributed by atoms with E-state index in [1.165, 1.54) is 13.8 Å². The summed E-state index contributed by atoms with van der Waals surface area (Å²) >= 11 is 0. The van der Waals surface area contributed by atoms with E-state index >= 15 is 0 Å². The molecular weight excluding hydrogens is 209 g/mol. The lowest BCUT2D eigenvalue weighted by Gasteiger charge is -2.24. The standard InChI is InChI=1S/C5H11F3N2O2S/c1-4(2)10(13(9,11)12)3-5(6,7)8/h4H,3H2,1-2H3,(H2,9,11,12). The van der Waals surface area contributed by atoms with Crippen molar-refractivity contribution >= 4 is 10.2 Å². The van der Waals surface area contributed by atoms with Gasteiger partial charge in [-0.3, -0.25) is 0 Å². The summed E-state index contributed by atoms with van der Waals surface area (Å²) in [6.45, 7) is 1.08. The monoisotopic (exact) mass is 220 g/mol. The van der Waals surface area contributed by atoms with Crippen molar-refractivity contribution in [1.29, 1.82) is 0 Å². The van der Waals surface area contributed by atoms with Crippen LogP contribution in [-0.2, 0) is 10.2 Å². The lowest BCUT2D eigenvalue weighted by molar-refractivity contribution is -0.138. The molecule has 0 unspecified atom stereocenters. The van der Waals surface area contributed by atoms with Gasteiger partial charge in [0, 0.05) is 6.04 Å². The highest BCUT2D eigenvalue weighted by Crippen LogP contribution is 2.19. The summed E-state index contributed by atoms with van der Waals surface area (Å²) in [6.07, 6.45) is -4.57. The molecule has 0 saturated heterocycles. The van der Waals surface area contributed by atoms with Crippen LogP contribution in [0.1, 0.15) is 13.8 Å². The number of halogens is 3. The summed E-state index contributed by atoms with van der Waals surface area (Å²) in [4.78, 5) is 0. The summed E-state index contributed by atoms with van der Waals surface area (Å²) in [7, 11) is -4.28. The second-order valence-electron chi connectivity index (χ2n) is 2.80. The number of nitrogens with two attached hydrogens (primary N) is 1. The Labute approximate surface area is 74.7 Å². The maximum absolute atomic E-state index is 11.8. The SMILES string of the molecule is CC(C)N(CC(F)(F)F)S(N)(=O)=O. The van der Waals surface area contributed by atoms with Gasteiger partial charge >= 0.3 is 6.18 Å². The van der Waals surface area contributed by atoms with Crippen LogP contribution < -0.4 is 5.14 Å². The molecular formula is C5H11F3N2O2S. The molecule has 0 aromatic carbocycles. The zero-order valence-corrected chi connectivity index (χ0v) is 7.98. The van der Waals surface area contributed by atoms with Gasteiger partial charge in [-0.05, 0) is 13.8 Å². The van der Waals surface area contributed by atoms with Crippen molar-refractivity contribution in [3.8, 4) is 0 Å². The van der Waals surface area contributed by atoms with E-state index in [1.807, 2.05) is 0 Å². The van der Waals surface area contributed by atoms with E-state index in [1.54, 1.807) is 0 Å². The number of hydrogen-bond donors (Lipinski definition) is 1. The maximum atomic E-state index is 11.8. The van der Waals surface area contributed by atoms with Crippen LogP contribution in [0.25, 0.3) is 0 Å². The van der Waals surface area contributed by atoms with Crippen LogP contribution >= 0.6 is 0 Å². The lowest BCUT2D eigenvalue weighted by atomic mass is 10.4. The van der Waals surface area contributed by atoms with Crippen LogP contribution in [0.3, 0.4) is 0 Å². The van der Waals surface area contributed by atoms with Gasteiger partial charge in [-0.15, -0.1) is 0 Å². The van der Waals surface area contributed by atoms with Crippen molar-refractivity contribution in [2.45, 2.75) is 26.1 Å². The van der Waals surface area contributed by atoms with Crippen molar-refractivity contribution in [3.63, 3.8) is 0 Å². The Morgan fingerprint density at radius 3 is 1.85 bits per heavy atom. The Balaban J connectivity index is 4.67. The van der Waals surface area contributed by atoms with Crippen LogP contribution in [0.15, 0.2) is 0 Å². The second-order valence-corrected chi connectivity index (χ2v) is 4.30. The first-order chi connectivity index (χ1) is 5.54. The molecule has 0 aliphatic carbocycles. The molecule has 0 fully saturated rings. The average Bonchev–Trinajstić information content (AvgIpc) is 1.77. The smallest absolute Gasteiger partial charge is 0.216 e. The fraction of sp³-hybridized carbons (Fsp3) is 1.00. The fourth-order valence-corrected chi connectivity index (χ4v) is 1.66. The van der Waals surface area contributed by atoms with Gasteiger partial charge in [-0.25, -0.2) is 5.14 Å². The molecule has 0 saturated carbocycles. The molecule has 0 bridgehead atoms. The number of alkyl halides is 3. The zero-order chi connectivity index (χ0) is 10.9. The summed E-state index contributed by atoms with van der Waals surface area (Å²) < 4.78 is 57.0. The highest BCUT2D eigenvalue weighted by atomic mass is 32.2. The van der Waals surface area contributed by atoms with Gasteiger partial charge < -0.3 is 0 Å². The van der Waals surface area contributed by atoms with Crippen LogP contribution in [0.4, 0.5) is 13.2 Å². The summed E-state index contributed by atoms with van der Waals surface area (Å²) in [6, 6.07) is -0.809. The molecule has 13 heavy (non-hydrogen) atoms. The first-order valence-corrected chi connectivity index (χ1v) is 4.90. The quantitative estimate of drug-likeness (QED) is 0.751. The first kappa shape index (κ1) is 12.7. The van der Waals surface area contributed by atoms with Gasteiger partial charge in [0.2, 0.25) is 0 Å². The van der Waals surface area contributed by atoms with Gasteiger partial charge in [0.25, 0.3) is 10.2 Å². The van der Waals surface area contributed by atoms with Crippen LogP contribution in [-0.4, -0.2) is 31.5 Å². The predicted molar refractivity (Wildman–Crippen MR) is 41.0 cm³/mol. The van der Waals surface area contributed by atoms with Crippen molar-refractivity contribution in [2.24, 2.45) is 5.14 Å². The molecule has 8 heteroatoms. The number of hydrogen-bond acceptors (Lipinski definition) is 2. The predicted octanol–water partition coefficient (Wildman–Crippen LogP) is 0.463. The minimum Gasteiger partial charge on any atom is -0.216 e. The van der Waals surface area contributed by atoms with Crippen molar-refractivity contribution in [3.05, 3.63) is 0 Å². The Morgan fingerprint density at radius 1 is 1.38 bits per heavy atom. The van der Waals surface area contributed by atoms with Crippen molar-refractivity contribution < 1.29 is 21.6 Å². The molecule has 0 aromatic rings.